The number of hydrogen-bond donors (Lipinski definition) is 2. The summed E-state index contributed by atoms with van der Waals surface area (Å²) in [7, 11) is 0. The minimum absolute atomic E-state index is 0.0265. The first-order chi connectivity index (χ1) is 9.97. The molecule has 3 rings (SSSR count). The minimum atomic E-state index is -1.82. The molecule has 0 saturated carbocycles. The van der Waals surface area contributed by atoms with E-state index in [9.17, 15) is 4.39 Å². The third-order valence-corrected chi connectivity index (χ3v) is 3.79. The molecule has 2 aliphatic rings. The molecule has 2 N–H and O–H groups in total. The van der Waals surface area contributed by atoms with Crippen molar-refractivity contribution in [1.82, 2.24) is 15.0 Å². The maximum absolute atomic E-state index is 12.3. The number of nitrogens with zero attached hydrogens (tertiary/aromatic N) is 3. The highest BCUT2D eigenvalue weighted by molar-refractivity contribution is 6.27. The van der Waals surface area contributed by atoms with Crippen LogP contribution in [0.5, 0.6) is 0 Å². The third-order valence-electron chi connectivity index (χ3n) is 3.79. The van der Waals surface area contributed by atoms with Crippen LogP contribution >= 0.6 is 0 Å². The fourth-order valence-corrected chi connectivity index (χ4v) is 2.80. The molecule has 9 heteroatoms. The number of aliphatic carboxylic acids is 2. The van der Waals surface area contributed by atoms with Crippen LogP contribution in [0.2, 0.25) is 0 Å². The van der Waals surface area contributed by atoms with E-state index in [1.165, 1.54) is 13.0 Å². The first-order valence-electron chi connectivity index (χ1n) is 6.54. The topological polar surface area (TPSA) is 117 Å². The lowest BCUT2D eigenvalue weighted by Gasteiger charge is -2.30. The van der Waals surface area contributed by atoms with Gasteiger partial charge in [-0.2, -0.15) is 4.98 Å². The van der Waals surface area contributed by atoms with Crippen molar-refractivity contribution in [2.24, 2.45) is 0 Å². The second-order valence-corrected chi connectivity index (χ2v) is 5.17. The summed E-state index contributed by atoms with van der Waals surface area (Å²) in [5.41, 5.74) is 0.0265. The molecule has 3 heterocycles. The molecule has 1 aromatic heterocycles. The van der Waals surface area contributed by atoms with Crippen LogP contribution in [0.1, 0.15) is 31.0 Å². The summed E-state index contributed by atoms with van der Waals surface area (Å²) >= 11 is 0. The molecule has 2 atom stereocenters. The first-order valence-corrected chi connectivity index (χ1v) is 6.54. The summed E-state index contributed by atoms with van der Waals surface area (Å²) < 4.78 is 17.5. The number of hydrogen-bond acceptors (Lipinski definition) is 6. The molecule has 2 saturated heterocycles. The number of carbonyl (C=O) groups is 2. The number of piperidine rings is 1. The van der Waals surface area contributed by atoms with Crippen molar-refractivity contribution >= 4 is 11.9 Å². The van der Waals surface area contributed by atoms with Crippen LogP contribution in [0.25, 0.3) is 0 Å². The molecule has 2 fully saturated rings. The molecular formula is C12H16FN3O5. The maximum Gasteiger partial charge on any atom is 0.414 e. The zero-order chi connectivity index (χ0) is 15.5. The lowest BCUT2D eigenvalue weighted by atomic mass is 9.81. The van der Waals surface area contributed by atoms with Crippen LogP contribution in [0.3, 0.4) is 0 Å². The molecule has 2 aliphatic heterocycles. The SMILES string of the molecule is FCc1noc(C23CCCN(CC2)C3)n1.O=C(O)C(=O)O. The second kappa shape index (κ2) is 6.17. The first kappa shape index (κ1) is 15.4. The summed E-state index contributed by atoms with van der Waals surface area (Å²) in [6, 6.07) is 0. The zero-order valence-electron chi connectivity index (χ0n) is 11.3. The van der Waals surface area contributed by atoms with Gasteiger partial charge in [-0.15, -0.1) is 0 Å². The Morgan fingerprint density at radius 3 is 2.57 bits per heavy atom. The molecule has 0 radical (unpaired) electrons. The number of rotatable bonds is 2. The molecule has 0 spiro atoms. The van der Waals surface area contributed by atoms with Gasteiger partial charge in [0.05, 0.1) is 5.41 Å². The predicted octanol–water partition coefficient (Wildman–Crippen LogP) is 0.432. The molecule has 1 aromatic rings. The number of halogens is 1. The van der Waals surface area contributed by atoms with Gasteiger partial charge in [-0.05, 0) is 32.4 Å². The van der Waals surface area contributed by atoms with Gasteiger partial charge < -0.3 is 19.6 Å². The summed E-state index contributed by atoms with van der Waals surface area (Å²) in [6.45, 7) is 2.64. The lowest BCUT2D eigenvalue weighted by Crippen LogP contribution is -2.37. The number of carboxylic acids is 2. The molecule has 2 unspecified atom stereocenters. The molecule has 0 amide bonds. The van der Waals surface area contributed by atoms with E-state index in [2.05, 4.69) is 15.0 Å². The average Bonchev–Trinajstić information content (AvgIpc) is 3.05. The van der Waals surface area contributed by atoms with Crippen molar-refractivity contribution in [1.29, 1.82) is 0 Å². The van der Waals surface area contributed by atoms with Crippen molar-refractivity contribution in [2.75, 3.05) is 19.6 Å². The predicted molar refractivity (Wildman–Crippen MR) is 66.4 cm³/mol. The average molecular weight is 301 g/mol. The Bertz CT molecular complexity index is 519. The van der Waals surface area contributed by atoms with Gasteiger partial charge in [0, 0.05) is 6.54 Å². The second-order valence-electron chi connectivity index (χ2n) is 5.17. The molecule has 0 aliphatic carbocycles. The van der Waals surface area contributed by atoms with E-state index < -0.39 is 18.6 Å². The fraction of sp³-hybridized carbons (Fsp3) is 0.667. The van der Waals surface area contributed by atoms with E-state index in [0.717, 1.165) is 25.9 Å². The van der Waals surface area contributed by atoms with Crippen LogP contribution in [-0.4, -0.2) is 56.8 Å². The van der Waals surface area contributed by atoms with E-state index in [0.29, 0.717) is 5.89 Å². The van der Waals surface area contributed by atoms with Crippen LogP contribution < -0.4 is 0 Å². The van der Waals surface area contributed by atoms with Gasteiger partial charge in [-0.3, -0.25) is 0 Å². The van der Waals surface area contributed by atoms with Crippen LogP contribution in [0, 0.1) is 0 Å². The highest BCUT2D eigenvalue weighted by atomic mass is 19.1. The molecule has 2 bridgehead atoms. The van der Waals surface area contributed by atoms with Crippen LogP contribution in [-0.2, 0) is 21.7 Å². The van der Waals surface area contributed by atoms with E-state index >= 15 is 0 Å². The maximum atomic E-state index is 12.3. The zero-order valence-corrected chi connectivity index (χ0v) is 11.3. The van der Waals surface area contributed by atoms with Gasteiger partial charge in [-0.1, -0.05) is 5.16 Å². The monoisotopic (exact) mass is 301 g/mol. The van der Waals surface area contributed by atoms with Crippen molar-refractivity contribution in [3.05, 3.63) is 11.7 Å². The summed E-state index contributed by atoms with van der Waals surface area (Å²) in [4.78, 5) is 24.8. The van der Waals surface area contributed by atoms with E-state index in [4.69, 9.17) is 24.3 Å². The lowest BCUT2D eigenvalue weighted by molar-refractivity contribution is -0.159. The van der Waals surface area contributed by atoms with Crippen molar-refractivity contribution in [2.45, 2.75) is 31.4 Å². The normalized spacial score (nSPS) is 26.8. The summed E-state index contributed by atoms with van der Waals surface area (Å²) in [5.74, 6) is -2.81. The highest BCUT2D eigenvalue weighted by Crippen LogP contribution is 2.41. The minimum Gasteiger partial charge on any atom is -0.473 e. The third kappa shape index (κ3) is 3.35. The highest BCUT2D eigenvalue weighted by Gasteiger charge is 2.46. The molecule has 8 nitrogen and oxygen atoms in total. The molecule has 0 aromatic carbocycles. The van der Waals surface area contributed by atoms with Crippen LogP contribution in [0.4, 0.5) is 4.39 Å². The summed E-state index contributed by atoms with van der Waals surface area (Å²) in [6.07, 6.45) is 3.34. The number of aromatic nitrogens is 2. The van der Waals surface area contributed by atoms with Gasteiger partial charge in [0.25, 0.3) is 0 Å². The Morgan fingerprint density at radius 2 is 2.00 bits per heavy atom. The van der Waals surface area contributed by atoms with Crippen molar-refractivity contribution < 1.29 is 28.7 Å². The number of fused-ring (bicyclic) bond motifs is 2. The largest absolute Gasteiger partial charge is 0.473 e. The van der Waals surface area contributed by atoms with E-state index in [1.807, 2.05) is 0 Å². The van der Waals surface area contributed by atoms with E-state index in [1.54, 1.807) is 0 Å². The Morgan fingerprint density at radius 1 is 1.29 bits per heavy atom. The van der Waals surface area contributed by atoms with Crippen LogP contribution in [0.15, 0.2) is 4.52 Å². The van der Waals surface area contributed by atoms with E-state index in [-0.39, 0.29) is 11.2 Å². The molecule has 21 heavy (non-hydrogen) atoms. The standard InChI is InChI=1S/C10H14FN3O.C2H2O4/c11-6-8-12-9(15-13-8)10-2-1-4-14(7-10)5-3-10;3-1(4)2(5)6/h1-7H2;(H,3,4)(H,5,6). The Kier molecular flexibility index (Phi) is 4.51. The Labute approximate surface area is 119 Å². The quantitative estimate of drug-likeness (QED) is 0.755. The van der Waals surface area contributed by atoms with Crippen molar-refractivity contribution in [3.63, 3.8) is 0 Å². The molecular weight excluding hydrogens is 285 g/mol. The number of carboxylic acid groups (broad SMARTS) is 2. The fourth-order valence-electron chi connectivity index (χ4n) is 2.80. The number of alkyl halides is 1. The molecule has 116 valence electrons. The Balaban J connectivity index is 0.000000232. The smallest absolute Gasteiger partial charge is 0.414 e. The van der Waals surface area contributed by atoms with Gasteiger partial charge in [0.15, 0.2) is 6.67 Å². The Hall–Kier alpha value is -2.03. The summed E-state index contributed by atoms with van der Waals surface area (Å²) in [5, 5.41) is 18.4. The van der Waals surface area contributed by atoms with Gasteiger partial charge in [0.1, 0.15) is 0 Å². The van der Waals surface area contributed by atoms with Crippen molar-refractivity contribution in [3.8, 4) is 0 Å². The van der Waals surface area contributed by atoms with Gasteiger partial charge in [0.2, 0.25) is 11.7 Å². The van der Waals surface area contributed by atoms with Gasteiger partial charge >= 0.3 is 11.9 Å². The van der Waals surface area contributed by atoms with Gasteiger partial charge in [-0.25, -0.2) is 14.0 Å².